The average Bonchev–Trinajstić information content (AvgIpc) is 2.52. The van der Waals surface area contributed by atoms with Crippen molar-refractivity contribution in [3.8, 4) is 0 Å². The van der Waals surface area contributed by atoms with E-state index in [1.165, 1.54) is 38.8 Å². The molecule has 100 valence electrons. The lowest BCUT2D eigenvalue weighted by Gasteiger charge is -2.28. The molecule has 3 heteroatoms. The Kier molecular flexibility index (Phi) is 5.96. The van der Waals surface area contributed by atoms with Crippen LogP contribution in [0.5, 0.6) is 0 Å². The van der Waals surface area contributed by atoms with Crippen LogP contribution in [0.25, 0.3) is 0 Å². The lowest BCUT2D eigenvalue weighted by Crippen LogP contribution is -2.29. The summed E-state index contributed by atoms with van der Waals surface area (Å²) in [4.78, 5) is 13.1. The second-order valence-electron chi connectivity index (χ2n) is 6.06. The molecule has 0 unspecified atom stereocenters. The smallest absolute Gasteiger partial charge is 0.303 e. The maximum atomic E-state index is 10.6. The monoisotopic (exact) mass is 241 g/mol. The van der Waals surface area contributed by atoms with Crippen LogP contribution < -0.4 is 0 Å². The van der Waals surface area contributed by atoms with Crippen LogP contribution in [0.3, 0.4) is 0 Å². The lowest BCUT2D eigenvalue weighted by atomic mass is 9.84. The first kappa shape index (κ1) is 14.5. The molecule has 0 spiro atoms. The van der Waals surface area contributed by atoms with Crippen molar-refractivity contribution in [1.29, 1.82) is 0 Å². The summed E-state index contributed by atoms with van der Waals surface area (Å²) in [5.74, 6) is -0.673. The Morgan fingerprint density at radius 1 is 1.12 bits per heavy atom. The average molecular weight is 241 g/mol. The molecule has 1 saturated heterocycles. The summed E-state index contributed by atoms with van der Waals surface area (Å²) in [5, 5.41) is 8.72. The molecule has 1 aliphatic rings. The number of rotatable bonds is 6. The summed E-state index contributed by atoms with van der Waals surface area (Å²) in [6, 6.07) is 0. The van der Waals surface area contributed by atoms with Crippen molar-refractivity contribution in [3.63, 3.8) is 0 Å². The lowest BCUT2D eigenvalue weighted by molar-refractivity contribution is -0.137. The zero-order valence-corrected chi connectivity index (χ0v) is 11.4. The number of hydrogen-bond donors (Lipinski definition) is 1. The Morgan fingerprint density at radius 2 is 1.71 bits per heavy atom. The molecule has 3 nitrogen and oxygen atoms in total. The number of aliphatic carboxylic acids is 1. The molecule has 0 aromatic rings. The van der Waals surface area contributed by atoms with Crippen molar-refractivity contribution in [2.75, 3.05) is 19.6 Å². The van der Waals surface area contributed by atoms with Gasteiger partial charge in [0.15, 0.2) is 0 Å². The van der Waals surface area contributed by atoms with E-state index in [-0.39, 0.29) is 5.41 Å². The molecule has 0 saturated carbocycles. The van der Waals surface area contributed by atoms with E-state index in [4.69, 9.17) is 5.11 Å². The molecular weight excluding hydrogens is 214 g/mol. The van der Waals surface area contributed by atoms with E-state index < -0.39 is 5.97 Å². The molecular formula is C14H27NO2. The van der Waals surface area contributed by atoms with Gasteiger partial charge in [0.1, 0.15) is 0 Å². The molecule has 0 bridgehead atoms. The van der Waals surface area contributed by atoms with Crippen LogP contribution in [0.15, 0.2) is 0 Å². The van der Waals surface area contributed by atoms with Crippen molar-refractivity contribution in [2.24, 2.45) is 5.41 Å². The fourth-order valence-corrected chi connectivity index (χ4v) is 2.39. The molecule has 1 fully saturated rings. The minimum atomic E-state index is -0.673. The standard InChI is InChI=1S/C14H27NO2/c1-14(2,8-7-13(16)17)9-12-15-10-5-3-4-6-11-15/h3-12H2,1-2H3,(H,16,17). The maximum Gasteiger partial charge on any atom is 0.303 e. The van der Waals surface area contributed by atoms with Gasteiger partial charge in [0.2, 0.25) is 0 Å². The van der Waals surface area contributed by atoms with E-state index in [9.17, 15) is 4.79 Å². The van der Waals surface area contributed by atoms with Crippen molar-refractivity contribution < 1.29 is 9.90 Å². The Balaban J connectivity index is 2.24. The quantitative estimate of drug-likeness (QED) is 0.776. The van der Waals surface area contributed by atoms with Gasteiger partial charge in [-0.15, -0.1) is 0 Å². The number of nitrogens with zero attached hydrogens (tertiary/aromatic N) is 1. The molecule has 17 heavy (non-hydrogen) atoms. The third kappa shape index (κ3) is 6.67. The molecule has 0 amide bonds. The molecule has 1 rings (SSSR count). The fourth-order valence-electron chi connectivity index (χ4n) is 2.39. The van der Waals surface area contributed by atoms with Crippen molar-refractivity contribution >= 4 is 5.97 Å². The van der Waals surface area contributed by atoms with Gasteiger partial charge in [-0.2, -0.15) is 0 Å². The fraction of sp³-hybridized carbons (Fsp3) is 0.929. The van der Waals surface area contributed by atoms with Crippen LogP contribution in [-0.4, -0.2) is 35.6 Å². The van der Waals surface area contributed by atoms with Crippen LogP contribution in [-0.2, 0) is 4.79 Å². The van der Waals surface area contributed by atoms with Gasteiger partial charge in [-0.25, -0.2) is 0 Å². The molecule has 0 aromatic heterocycles. The third-order valence-corrected chi connectivity index (χ3v) is 3.82. The van der Waals surface area contributed by atoms with Crippen molar-refractivity contribution in [1.82, 2.24) is 4.90 Å². The highest BCUT2D eigenvalue weighted by Gasteiger charge is 2.20. The molecule has 0 aromatic carbocycles. The van der Waals surface area contributed by atoms with Crippen LogP contribution in [0, 0.1) is 5.41 Å². The zero-order valence-electron chi connectivity index (χ0n) is 11.4. The summed E-state index contributed by atoms with van der Waals surface area (Å²) in [6.07, 6.45) is 7.60. The van der Waals surface area contributed by atoms with Gasteiger partial charge in [-0.1, -0.05) is 26.7 Å². The molecule has 0 aliphatic carbocycles. The topological polar surface area (TPSA) is 40.5 Å². The van der Waals surface area contributed by atoms with Gasteiger partial charge >= 0.3 is 5.97 Å². The number of carbonyl (C=O) groups is 1. The zero-order chi connectivity index (χ0) is 12.7. The van der Waals surface area contributed by atoms with Gasteiger partial charge in [-0.3, -0.25) is 4.79 Å². The second-order valence-corrected chi connectivity index (χ2v) is 6.06. The number of likely N-dealkylation sites (tertiary alicyclic amines) is 1. The second kappa shape index (κ2) is 7.00. The predicted molar refractivity (Wildman–Crippen MR) is 70.2 cm³/mol. The van der Waals surface area contributed by atoms with E-state index >= 15 is 0 Å². The molecule has 1 N–H and O–H groups in total. The predicted octanol–water partition coefficient (Wildman–Crippen LogP) is 3.14. The Hall–Kier alpha value is -0.570. The van der Waals surface area contributed by atoms with E-state index in [1.54, 1.807) is 0 Å². The number of hydrogen-bond acceptors (Lipinski definition) is 2. The van der Waals surface area contributed by atoms with E-state index in [0.717, 1.165) is 19.4 Å². The van der Waals surface area contributed by atoms with Gasteiger partial charge in [0.05, 0.1) is 0 Å². The third-order valence-electron chi connectivity index (χ3n) is 3.82. The van der Waals surface area contributed by atoms with Crippen LogP contribution in [0.4, 0.5) is 0 Å². The van der Waals surface area contributed by atoms with Crippen molar-refractivity contribution in [3.05, 3.63) is 0 Å². The number of carboxylic acids is 1. The molecule has 0 radical (unpaired) electrons. The first-order valence-electron chi connectivity index (χ1n) is 6.94. The Bertz CT molecular complexity index is 230. The van der Waals surface area contributed by atoms with Gasteiger partial charge < -0.3 is 10.0 Å². The van der Waals surface area contributed by atoms with Gasteiger partial charge in [0.25, 0.3) is 0 Å². The first-order valence-corrected chi connectivity index (χ1v) is 6.94. The highest BCUT2D eigenvalue weighted by molar-refractivity contribution is 5.66. The Labute approximate surface area is 105 Å². The highest BCUT2D eigenvalue weighted by Crippen LogP contribution is 2.27. The molecule has 1 heterocycles. The summed E-state index contributed by atoms with van der Waals surface area (Å²) < 4.78 is 0. The van der Waals surface area contributed by atoms with Gasteiger partial charge in [0, 0.05) is 6.42 Å². The van der Waals surface area contributed by atoms with Crippen LogP contribution >= 0.6 is 0 Å². The number of carboxylic acid groups (broad SMARTS) is 1. The maximum absolute atomic E-state index is 10.6. The van der Waals surface area contributed by atoms with Crippen molar-refractivity contribution in [2.45, 2.75) is 58.8 Å². The first-order chi connectivity index (χ1) is 7.99. The SMILES string of the molecule is CC(C)(CCC(=O)O)CCN1CCCCCC1. The normalized spacial score (nSPS) is 18.9. The van der Waals surface area contributed by atoms with E-state index in [1.807, 2.05) is 0 Å². The Morgan fingerprint density at radius 3 is 2.24 bits per heavy atom. The van der Waals surface area contributed by atoms with E-state index in [0.29, 0.717) is 6.42 Å². The van der Waals surface area contributed by atoms with Gasteiger partial charge in [-0.05, 0) is 50.7 Å². The van der Waals surface area contributed by atoms with Crippen LogP contribution in [0.1, 0.15) is 58.8 Å². The minimum absolute atomic E-state index is 0.157. The summed E-state index contributed by atoms with van der Waals surface area (Å²) in [5.41, 5.74) is 0.157. The van der Waals surface area contributed by atoms with E-state index in [2.05, 4.69) is 18.7 Å². The summed E-state index contributed by atoms with van der Waals surface area (Å²) >= 11 is 0. The van der Waals surface area contributed by atoms with Crippen LogP contribution in [0.2, 0.25) is 0 Å². The largest absolute Gasteiger partial charge is 0.481 e. The minimum Gasteiger partial charge on any atom is -0.481 e. The molecule has 0 atom stereocenters. The summed E-state index contributed by atoms with van der Waals surface area (Å²) in [6.45, 7) is 7.97. The summed E-state index contributed by atoms with van der Waals surface area (Å²) in [7, 11) is 0. The highest BCUT2D eigenvalue weighted by atomic mass is 16.4. The molecule has 1 aliphatic heterocycles.